The van der Waals surface area contributed by atoms with Crippen LogP contribution in [0.1, 0.15) is 42.6 Å². The molecule has 1 spiro atoms. The average Bonchev–Trinajstić information content (AvgIpc) is 3.21. The Morgan fingerprint density at radius 2 is 1.90 bits per heavy atom. The summed E-state index contributed by atoms with van der Waals surface area (Å²) in [6.07, 6.45) is 1.61. The van der Waals surface area contributed by atoms with E-state index in [-0.39, 0.29) is 63.9 Å². The molecule has 206 valence electrons. The van der Waals surface area contributed by atoms with Gasteiger partial charge in [-0.15, -0.1) is 0 Å². The van der Waals surface area contributed by atoms with E-state index in [4.69, 9.17) is 37.4 Å². The van der Waals surface area contributed by atoms with Gasteiger partial charge in [0.1, 0.15) is 41.2 Å². The second-order valence-electron chi connectivity index (χ2n) is 10.2. The minimum Gasteiger partial charge on any atom is -0.546 e. The number of fused-ring (bicyclic) bond motifs is 1. The van der Waals surface area contributed by atoms with E-state index in [2.05, 4.69) is 10.2 Å². The number of carbonyl (C=O) groups excluding carboxylic acids is 2. The summed E-state index contributed by atoms with van der Waals surface area (Å²) < 4.78 is 17.6. The molecule has 12 heteroatoms. The molecule has 2 aliphatic rings. The van der Waals surface area contributed by atoms with Crippen molar-refractivity contribution in [2.45, 2.75) is 50.4 Å². The van der Waals surface area contributed by atoms with Gasteiger partial charge in [-0.2, -0.15) is 0 Å². The molecule has 4 rings (SSSR count). The molecular weight excluding hydrogens is 558 g/mol. The van der Waals surface area contributed by atoms with Gasteiger partial charge in [-0.3, -0.25) is 4.79 Å². The molecule has 0 unspecified atom stereocenters. The smallest absolute Gasteiger partial charge is 0.546 e. The van der Waals surface area contributed by atoms with Crippen LogP contribution in [0.2, 0.25) is 10.0 Å². The molecule has 9 nitrogen and oxygen atoms in total. The molecule has 0 bridgehead atoms. The zero-order valence-corrected chi connectivity index (χ0v) is 26.0. The van der Waals surface area contributed by atoms with Crippen LogP contribution >= 0.6 is 23.2 Å². The number of aliphatic hydroxyl groups excluding tert-OH is 1. The first-order valence-corrected chi connectivity index (χ1v) is 13.1. The molecule has 0 aliphatic carbocycles. The maximum absolute atomic E-state index is 12.4. The van der Waals surface area contributed by atoms with E-state index >= 15 is 0 Å². The van der Waals surface area contributed by atoms with Crippen LogP contribution in [-0.4, -0.2) is 72.5 Å². The maximum atomic E-state index is 12.4. The van der Waals surface area contributed by atoms with Crippen LogP contribution in [0.3, 0.4) is 0 Å². The third-order valence-corrected chi connectivity index (χ3v) is 7.42. The van der Waals surface area contributed by atoms with E-state index in [0.717, 1.165) is 43.7 Å². The molecule has 1 saturated heterocycles. The largest absolute Gasteiger partial charge is 1.00 e. The van der Waals surface area contributed by atoms with Crippen LogP contribution in [-0.2, 0) is 11.2 Å². The summed E-state index contributed by atoms with van der Waals surface area (Å²) in [5, 5.41) is 25.3. The molecule has 2 heterocycles. The number of halogens is 2. The number of carboxylic acids is 1. The minimum absolute atomic E-state index is 0. The van der Waals surface area contributed by atoms with Gasteiger partial charge in [0.15, 0.2) is 0 Å². The molecule has 0 saturated carbocycles. The number of hydrogen-bond acceptors (Lipinski definition) is 8. The number of nitrogens with one attached hydrogen (secondary N) is 1. The molecule has 1 atom stereocenters. The van der Waals surface area contributed by atoms with Gasteiger partial charge in [-0.1, -0.05) is 23.2 Å². The Morgan fingerprint density at radius 3 is 2.54 bits per heavy atom. The van der Waals surface area contributed by atoms with E-state index in [9.17, 15) is 19.8 Å². The van der Waals surface area contributed by atoms with Gasteiger partial charge < -0.3 is 39.4 Å². The van der Waals surface area contributed by atoms with Crippen LogP contribution in [0.15, 0.2) is 30.3 Å². The van der Waals surface area contributed by atoms with Crippen molar-refractivity contribution in [3.63, 3.8) is 0 Å². The van der Waals surface area contributed by atoms with Crippen LogP contribution < -0.4 is 54.2 Å². The normalized spacial score (nSPS) is 17.0. The molecule has 1 fully saturated rings. The molecule has 2 aromatic carbocycles. The predicted octanol–water partition coefficient (Wildman–Crippen LogP) is -0.526. The van der Waals surface area contributed by atoms with Gasteiger partial charge in [0.2, 0.25) is 0 Å². The number of piperidine rings is 1. The maximum Gasteiger partial charge on any atom is 1.00 e. The number of β-amino-alcohol motifs (C(OH)–C–C–N with tert-alkyl or cyclic N) is 1. The summed E-state index contributed by atoms with van der Waals surface area (Å²) in [6, 6.07) is 8.38. The van der Waals surface area contributed by atoms with Gasteiger partial charge in [-0.05, 0) is 43.7 Å². The second-order valence-corrected chi connectivity index (χ2v) is 11.1. The van der Waals surface area contributed by atoms with Gasteiger partial charge in [0, 0.05) is 57.0 Å². The molecule has 2 aliphatic heterocycles. The van der Waals surface area contributed by atoms with E-state index in [1.165, 1.54) is 33.0 Å². The summed E-state index contributed by atoms with van der Waals surface area (Å²) in [6.45, 7) is 4.42. The number of ether oxygens (including phenoxy) is 3. The zero-order valence-electron chi connectivity index (χ0n) is 22.5. The summed E-state index contributed by atoms with van der Waals surface area (Å²) in [5.74, 6) is -0.885. The van der Waals surface area contributed by atoms with E-state index < -0.39 is 23.6 Å². The fourth-order valence-corrected chi connectivity index (χ4v) is 5.12. The van der Waals surface area contributed by atoms with Crippen molar-refractivity contribution in [2.24, 2.45) is 0 Å². The van der Waals surface area contributed by atoms with Crippen molar-refractivity contribution in [3.8, 4) is 17.2 Å². The number of aliphatic carboxylic acids is 1. The van der Waals surface area contributed by atoms with E-state index in [1.807, 2.05) is 18.2 Å². The quantitative estimate of drug-likeness (QED) is 0.375. The fourth-order valence-electron chi connectivity index (χ4n) is 4.72. The number of rotatable bonds is 9. The minimum atomic E-state index is -1.67. The Labute approximate surface area is 260 Å². The van der Waals surface area contributed by atoms with E-state index in [0.29, 0.717) is 11.6 Å². The SMILES string of the molecule is CNC(=O)c1cc(Cl)c(OC(C)(C)C(=O)[O-])cc1OC[C@H](O)CN1CCC2(CC1)Cc1cc(Cl)ccc1O2.[Na+]. The predicted molar refractivity (Wildman–Crippen MR) is 140 cm³/mol. The van der Waals surface area contributed by atoms with Gasteiger partial charge in [0.25, 0.3) is 5.91 Å². The Kier molecular flexibility index (Phi) is 10.5. The third-order valence-electron chi connectivity index (χ3n) is 6.89. The standard InChI is InChI=1S/C27H32Cl2N2O7.Na/c1-26(2,25(34)35)37-23-12-22(19(11-20(23)29)24(33)30-3)36-15-18(32)14-31-8-6-27(7-9-31)13-16-10-17(28)4-5-21(16)38-27;/h4-5,10-12,18,32H,6-9,13-15H2,1-3H3,(H,30,33)(H,34,35);/q;+1/p-1/t18-;/m1./s1. The van der Waals surface area contributed by atoms with E-state index in [1.54, 1.807) is 0 Å². The number of likely N-dealkylation sites (tertiary alicyclic amines) is 1. The topological polar surface area (TPSA) is 120 Å². The van der Waals surface area contributed by atoms with Crippen molar-refractivity contribution in [1.82, 2.24) is 10.2 Å². The first kappa shape index (κ1) is 31.8. The molecular formula is C27H31Cl2N2NaO7. The first-order chi connectivity index (χ1) is 17.9. The second kappa shape index (κ2) is 12.9. The number of hydrogen-bond donors (Lipinski definition) is 2. The van der Waals surface area contributed by atoms with Crippen LogP contribution in [0, 0.1) is 0 Å². The molecule has 0 aromatic heterocycles. The first-order valence-electron chi connectivity index (χ1n) is 12.4. The molecule has 0 radical (unpaired) electrons. The number of benzene rings is 2. The zero-order chi connectivity index (χ0) is 27.7. The van der Waals surface area contributed by atoms with Crippen molar-refractivity contribution < 1.29 is 63.6 Å². The van der Waals surface area contributed by atoms with Gasteiger partial charge in [-0.25, -0.2) is 0 Å². The van der Waals surface area contributed by atoms with Crippen molar-refractivity contribution in [2.75, 3.05) is 33.3 Å². The average molecular weight is 589 g/mol. The molecule has 2 aromatic rings. The van der Waals surface area contributed by atoms with Crippen LogP contribution in [0.5, 0.6) is 17.2 Å². The Morgan fingerprint density at radius 1 is 1.21 bits per heavy atom. The van der Waals surface area contributed by atoms with Crippen molar-refractivity contribution in [1.29, 1.82) is 0 Å². The monoisotopic (exact) mass is 588 g/mol. The molecule has 39 heavy (non-hydrogen) atoms. The Bertz CT molecular complexity index is 1220. The fraction of sp³-hybridized carbons (Fsp3) is 0.481. The number of amides is 1. The van der Waals surface area contributed by atoms with Crippen LogP contribution in [0.25, 0.3) is 0 Å². The number of carboxylic acid groups (broad SMARTS) is 1. The van der Waals surface area contributed by atoms with Crippen molar-refractivity contribution >= 4 is 35.1 Å². The number of aliphatic hydroxyl groups is 1. The number of nitrogens with zero attached hydrogens (tertiary/aromatic N) is 1. The third kappa shape index (κ3) is 7.52. The summed E-state index contributed by atoms with van der Waals surface area (Å²) in [5.41, 5.74) is -0.661. The summed E-state index contributed by atoms with van der Waals surface area (Å²) >= 11 is 12.4. The molecule has 2 N–H and O–H groups in total. The number of carbonyl (C=O) groups is 2. The molecule has 1 amide bonds. The Hall–Kier alpha value is -1.72. The van der Waals surface area contributed by atoms with Crippen LogP contribution in [0.4, 0.5) is 0 Å². The summed E-state index contributed by atoms with van der Waals surface area (Å²) in [4.78, 5) is 25.9. The Balaban J connectivity index is 0.00000420. The van der Waals surface area contributed by atoms with Gasteiger partial charge >= 0.3 is 29.6 Å². The van der Waals surface area contributed by atoms with Gasteiger partial charge in [0.05, 0.1) is 16.6 Å². The van der Waals surface area contributed by atoms with Crippen molar-refractivity contribution in [3.05, 3.63) is 51.5 Å². The summed E-state index contributed by atoms with van der Waals surface area (Å²) in [7, 11) is 1.46.